The highest BCUT2D eigenvalue weighted by molar-refractivity contribution is 8.77. The lowest BCUT2D eigenvalue weighted by Crippen LogP contribution is -2.49. The van der Waals surface area contributed by atoms with E-state index in [1.807, 2.05) is 32.6 Å². The third-order valence-corrected chi connectivity index (χ3v) is 9.33. The number of carbonyl (C=O) groups is 2. The molecule has 1 N–H and O–H groups in total. The average molecular weight is 474 g/mol. The van der Waals surface area contributed by atoms with Crippen molar-refractivity contribution in [3.8, 4) is 0 Å². The molecular weight excluding hydrogens is 442 g/mol. The maximum Gasteiger partial charge on any atom is 0.246 e. The Bertz CT molecular complexity index is 972. The fraction of sp³-hybridized carbons (Fsp3) is 0.565. The molecule has 9 heteroatoms. The molecule has 172 valence electrons. The summed E-state index contributed by atoms with van der Waals surface area (Å²) in [7, 11) is 3.96. The van der Waals surface area contributed by atoms with Gasteiger partial charge in [-0.05, 0) is 51.2 Å². The van der Waals surface area contributed by atoms with Gasteiger partial charge in [-0.2, -0.15) is 0 Å². The van der Waals surface area contributed by atoms with Crippen molar-refractivity contribution in [2.45, 2.75) is 69.2 Å². The molecule has 7 nitrogen and oxygen atoms in total. The summed E-state index contributed by atoms with van der Waals surface area (Å²) in [5, 5.41) is 5.07. The van der Waals surface area contributed by atoms with E-state index in [4.69, 9.17) is 0 Å². The number of carbonyl (C=O) groups excluding carboxylic acids is 2. The predicted octanol–water partition coefficient (Wildman–Crippen LogP) is 4.76. The van der Waals surface area contributed by atoms with E-state index in [1.54, 1.807) is 10.8 Å². The van der Waals surface area contributed by atoms with Crippen molar-refractivity contribution in [3.63, 3.8) is 0 Å². The highest BCUT2D eigenvalue weighted by atomic mass is 33.1. The third-order valence-electron chi connectivity index (χ3n) is 6.32. The normalized spacial score (nSPS) is 23.4. The molecule has 0 bridgehead atoms. The molecule has 3 atom stereocenters. The summed E-state index contributed by atoms with van der Waals surface area (Å²) in [5.41, 5.74) is 0.637. The van der Waals surface area contributed by atoms with Gasteiger partial charge >= 0.3 is 0 Å². The lowest BCUT2D eigenvalue weighted by Gasteiger charge is -2.38. The zero-order valence-corrected chi connectivity index (χ0v) is 20.2. The Morgan fingerprint density at radius 3 is 2.94 bits per heavy atom. The van der Waals surface area contributed by atoms with Gasteiger partial charge in [0.05, 0.1) is 5.39 Å². The van der Waals surface area contributed by atoms with Crippen molar-refractivity contribution in [2.75, 3.05) is 17.6 Å². The Hall–Kier alpha value is -2.00. The van der Waals surface area contributed by atoms with Crippen molar-refractivity contribution in [2.24, 2.45) is 0 Å². The van der Waals surface area contributed by atoms with Crippen molar-refractivity contribution in [1.29, 1.82) is 0 Å². The van der Waals surface area contributed by atoms with E-state index in [9.17, 15) is 9.59 Å². The minimum Gasteiger partial charge on any atom is -0.365 e. The molecule has 0 aliphatic carbocycles. The van der Waals surface area contributed by atoms with Gasteiger partial charge in [-0.1, -0.05) is 34.6 Å². The molecular formula is C23H31N5O2S2. The fourth-order valence-electron chi connectivity index (χ4n) is 4.44. The minimum atomic E-state index is -0.0427. The number of rotatable bonds is 8. The summed E-state index contributed by atoms with van der Waals surface area (Å²) in [5.74, 6) is 2.00. The van der Waals surface area contributed by atoms with E-state index >= 15 is 0 Å². The van der Waals surface area contributed by atoms with Crippen molar-refractivity contribution >= 4 is 50.3 Å². The number of hydrogen-bond donors (Lipinski definition) is 1. The number of anilines is 1. The quantitative estimate of drug-likeness (QED) is 0.336. The van der Waals surface area contributed by atoms with E-state index in [2.05, 4.69) is 28.8 Å². The lowest BCUT2D eigenvalue weighted by atomic mass is 9.99. The monoisotopic (exact) mass is 473 g/mol. The molecule has 2 aromatic heterocycles. The molecule has 0 spiro atoms. The van der Waals surface area contributed by atoms with Gasteiger partial charge in [-0.15, -0.1) is 0 Å². The molecule has 2 aliphatic heterocycles. The molecule has 0 saturated carbocycles. The number of aromatic nitrogens is 3. The van der Waals surface area contributed by atoms with Crippen LogP contribution in [-0.4, -0.2) is 60.9 Å². The van der Waals surface area contributed by atoms with Gasteiger partial charge in [0.2, 0.25) is 11.8 Å². The molecule has 2 aliphatic rings. The van der Waals surface area contributed by atoms with Crippen LogP contribution in [0.5, 0.6) is 0 Å². The molecule has 4 rings (SSSR count). The molecule has 0 aromatic carbocycles. The van der Waals surface area contributed by atoms with Gasteiger partial charge in [0.25, 0.3) is 0 Å². The molecule has 0 unspecified atom stereocenters. The van der Waals surface area contributed by atoms with Crippen LogP contribution in [0.3, 0.4) is 0 Å². The van der Waals surface area contributed by atoms with E-state index in [0.717, 1.165) is 36.3 Å². The zero-order valence-electron chi connectivity index (χ0n) is 18.5. The van der Waals surface area contributed by atoms with Gasteiger partial charge < -0.3 is 10.2 Å². The van der Waals surface area contributed by atoms with E-state index in [1.165, 1.54) is 31.0 Å². The molecule has 1 amide bonds. The summed E-state index contributed by atoms with van der Waals surface area (Å²) in [4.78, 5) is 35.6. The minimum absolute atomic E-state index is 0.0427. The average Bonchev–Trinajstić information content (AvgIpc) is 3.48. The fourth-order valence-corrected chi connectivity index (χ4v) is 7.47. The molecule has 0 radical (unpaired) electrons. The topological polar surface area (TPSA) is 80.1 Å². The van der Waals surface area contributed by atoms with Crippen LogP contribution in [-0.2, 0) is 4.79 Å². The Morgan fingerprint density at radius 2 is 2.16 bits per heavy atom. The number of fused-ring (bicyclic) bond motifs is 1. The Morgan fingerprint density at radius 1 is 1.28 bits per heavy atom. The first-order chi connectivity index (χ1) is 15.6. The lowest BCUT2D eigenvalue weighted by molar-refractivity contribution is -0.129. The molecule has 32 heavy (non-hydrogen) atoms. The Labute approximate surface area is 197 Å². The number of piperidine rings is 1. The molecule has 4 heterocycles. The Balaban J connectivity index is 1.38. The largest absolute Gasteiger partial charge is 0.365 e. The van der Waals surface area contributed by atoms with E-state index in [-0.39, 0.29) is 23.9 Å². The number of amides is 1. The summed E-state index contributed by atoms with van der Waals surface area (Å²) in [6, 6.07) is 2.20. The van der Waals surface area contributed by atoms with Crippen LogP contribution >= 0.6 is 21.6 Å². The van der Waals surface area contributed by atoms with Crippen LogP contribution in [0.2, 0.25) is 0 Å². The van der Waals surface area contributed by atoms with Crippen molar-refractivity contribution in [1.82, 2.24) is 19.4 Å². The number of unbranched alkanes of at least 4 members (excludes halogenated alkanes) is 1. The molecule has 2 fully saturated rings. The SMILES string of the molecule is C=CC(=O)N1C[C@H](Nc2ncnc3c2ccn3C(=O)CCCC[C@@H]2CCSS2)CC[C@@H]1C. The number of hydrogen-bond acceptors (Lipinski definition) is 7. The van der Waals surface area contributed by atoms with Crippen LogP contribution in [0, 0.1) is 0 Å². The maximum atomic E-state index is 12.8. The molecule has 2 aromatic rings. The molecule has 2 saturated heterocycles. The van der Waals surface area contributed by atoms with E-state index < -0.39 is 0 Å². The van der Waals surface area contributed by atoms with Crippen molar-refractivity contribution < 1.29 is 9.59 Å². The van der Waals surface area contributed by atoms with Gasteiger partial charge in [0, 0.05) is 42.2 Å². The number of nitrogens with one attached hydrogen (secondary N) is 1. The van der Waals surface area contributed by atoms with Crippen LogP contribution in [0.1, 0.15) is 56.7 Å². The standard InChI is InChI=1S/C23H31N5O2S2/c1-3-20(29)28-14-17(9-8-16(28)2)26-22-19-10-12-27(23(19)25-15-24-22)21(30)7-5-4-6-18-11-13-31-32-18/h3,10,12,15-18H,1,4-9,11,13-14H2,2H3,(H,24,25,26)/t16-,17+,18+/m0/s1. The van der Waals surface area contributed by atoms with Gasteiger partial charge in [-0.25, -0.2) is 9.97 Å². The first-order valence-electron chi connectivity index (χ1n) is 11.4. The second-order valence-electron chi connectivity index (χ2n) is 8.58. The smallest absolute Gasteiger partial charge is 0.246 e. The Kier molecular flexibility index (Phi) is 7.78. The van der Waals surface area contributed by atoms with E-state index in [0.29, 0.717) is 24.4 Å². The number of nitrogens with zero attached hydrogens (tertiary/aromatic N) is 4. The third kappa shape index (κ3) is 5.31. The van der Waals surface area contributed by atoms with Crippen LogP contribution in [0.4, 0.5) is 5.82 Å². The van der Waals surface area contributed by atoms with Crippen molar-refractivity contribution in [3.05, 3.63) is 31.2 Å². The first kappa shape index (κ1) is 23.2. The summed E-state index contributed by atoms with van der Waals surface area (Å²) in [6.07, 6.45) is 11.5. The summed E-state index contributed by atoms with van der Waals surface area (Å²) >= 11 is 0. The summed E-state index contributed by atoms with van der Waals surface area (Å²) in [6.45, 7) is 6.29. The maximum absolute atomic E-state index is 12.8. The van der Waals surface area contributed by atoms with Gasteiger partial charge in [-0.3, -0.25) is 14.2 Å². The highest BCUT2D eigenvalue weighted by Crippen LogP contribution is 2.40. The van der Waals surface area contributed by atoms with Gasteiger partial charge in [0.1, 0.15) is 12.1 Å². The predicted molar refractivity (Wildman–Crippen MR) is 133 cm³/mol. The van der Waals surface area contributed by atoms with Gasteiger partial charge in [0.15, 0.2) is 5.65 Å². The number of likely N-dealkylation sites (tertiary alicyclic amines) is 1. The highest BCUT2D eigenvalue weighted by Gasteiger charge is 2.28. The summed E-state index contributed by atoms with van der Waals surface area (Å²) < 4.78 is 1.65. The van der Waals surface area contributed by atoms with Crippen LogP contribution in [0.15, 0.2) is 31.2 Å². The second kappa shape index (κ2) is 10.7. The first-order valence-corrected chi connectivity index (χ1v) is 13.8. The second-order valence-corrected chi connectivity index (χ2v) is 11.4. The van der Waals surface area contributed by atoms with Crippen LogP contribution in [0.25, 0.3) is 11.0 Å². The van der Waals surface area contributed by atoms with Crippen LogP contribution < -0.4 is 5.32 Å². The zero-order chi connectivity index (χ0) is 22.5.